The van der Waals surface area contributed by atoms with Crippen LogP contribution < -0.4 is 5.43 Å². The van der Waals surface area contributed by atoms with Crippen LogP contribution in [0.5, 0.6) is 0 Å². The van der Waals surface area contributed by atoms with Crippen molar-refractivity contribution in [1.29, 1.82) is 0 Å². The van der Waals surface area contributed by atoms with Crippen LogP contribution in [0, 0.1) is 0 Å². The van der Waals surface area contributed by atoms with E-state index in [9.17, 15) is 4.79 Å². The first-order chi connectivity index (χ1) is 15.5. The number of hydrogen-bond acceptors (Lipinski definition) is 5. The number of hydrazine groups is 1. The Morgan fingerprint density at radius 2 is 1.94 bits per heavy atom. The molecule has 10 heteroatoms. The molecule has 0 saturated carbocycles. The zero-order valence-electron chi connectivity index (χ0n) is 16.9. The maximum Gasteiger partial charge on any atom is 0.286 e. The monoisotopic (exact) mass is 508 g/mol. The molecule has 0 atom stereocenters. The maximum absolute atomic E-state index is 13.2. The lowest BCUT2D eigenvalue weighted by molar-refractivity contribution is 0.0813. The number of ether oxygens (including phenoxy) is 1. The molecule has 1 amide bonds. The summed E-state index contributed by atoms with van der Waals surface area (Å²) in [6, 6.07) is 9.02. The topological polar surface area (TPSA) is 59.4 Å². The molecule has 0 spiro atoms. The molecule has 0 bridgehead atoms. The summed E-state index contributed by atoms with van der Waals surface area (Å²) in [5.41, 5.74) is 6.37. The molecule has 2 aromatic heterocycles. The molecule has 6 nitrogen and oxygen atoms in total. The Kier molecular flexibility index (Phi) is 6.29. The van der Waals surface area contributed by atoms with Gasteiger partial charge in [-0.15, -0.1) is 11.3 Å². The molecule has 166 valence electrons. The van der Waals surface area contributed by atoms with E-state index in [1.165, 1.54) is 11.3 Å². The first kappa shape index (κ1) is 21.9. The molecule has 1 N–H and O–H groups in total. The number of carbonyl (C=O) groups is 1. The average Bonchev–Trinajstić information content (AvgIpc) is 3.49. The fraction of sp³-hybridized carbons (Fsp3) is 0.273. The minimum atomic E-state index is -0.254. The molecule has 32 heavy (non-hydrogen) atoms. The van der Waals surface area contributed by atoms with Gasteiger partial charge >= 0.3 is 0 Å². The van der Waals surface area contributed by atoms with Crippen molar-refractivity contribution < 1.29 is 9.53 Å². The molecule has 4 heterocycles. The second-order valence-corrected chi connectivity index (χ2v) is 10.2. The van der Waals surface area contributed by atoms with E-state index in [0.717, 1.165) is 47.6 Å². The Hall–Kier alpha value is -1.87. The number of rotatable bonds is 4. The Balaban J connectivity index is 1.64. The summed E-state index contributed by atoms with van der Waals surface area (Å²) in [5.74, 6) is -0.254. The van der Waals surface area contributed by atoms with Crippen LogP contribution in [0.15, 0.2) is 30.3 Å². The molecule has 2 aliphatic heterocycles. The van der Waals surface area contributed by atoms with E-state index in [-0.39, 0.29) is 12.5 Å². The summed E-state index contributed by atoms with van der Waals surface area (Å²) >= 11 is 20.2. The van der Waals surface area contributed by atoms with Gasteiger partial charge in [0.2, 0.25) is 0 Å². The van der Waals surface area contributed by atoms with Crippen molar-refractivity contribution in [3.63, 3.8) is 0 Å². The number of nitrogens with zero attached hydrogens (tertiary/aromatic N) is 3. The standard InChI is InChI=1S/C22H19Cl3N4O2S/c23-14-3-5-18(17(24)10-14)29-21-13(9-15-4-6-19(25)32-15)11-31-12-16(21)20(26-29)22(30)27-28-7-1-2-8-28/h3-6,9-10H,1-2,7-8,11-12H2,(H,27,30)/b13-9-. The molecule has 1 aromatic carbocycles. The van der Waals surface area contributed by atoms with Crippen LogP contribution in [0.1, 0.15) is 39.5 Å². The molecular weight excluding hydrogens is 491 g/mol. The van der Waals surface area contributed by atoms with Gasteiger partial charge in [0.15, 0.2) is 5.69 Å². The Labute approximate surface area is 204 Å². The molecule has 0 unspecified atom stereocenters. The quantitative estimate of drug-likeness (QED) is 0.490. The van der Waals surface area contributed by atoms with Crippen LogP contribution in [0.25, 0.3) is 17.3 Å². The predicted octanol–water partition coefficient (Wildman–Crippen LogP) is 5.71. The second kappa shape index (κ2) is 9.17. The number of carbonyl (C=O) groups excluding carboxylic acids is 1. The maximum atomic E-state index is 13.2. The number of fused-ring (bicyclic) bond motifs is 1. The molecule has 5 rings (SSSR count). The second-order valence-electron chi connectivity index (χ2n) is 7.62. The van der Waals surface area contributed by atoms with Gasteiger partial charge in [-0.2, -0.15) is 5.10 Å². The lowest BCUT2D eigenvalue weighted by Crippen LogP contribution is -2.40. The van der Waals surface area contributed by atoms with Crippen LogP contribution in [-0.2, 0) is 11.3 Å². The van der Waals surface area contributed by atoms with Crippen molar-refractivity contribution in [2.75, 3.05) is 19.7 Å². The van der Waals surface area contributed by atoms with Gasteiger partial charge in [0.1, 0.15) is 0 Å². The fourth-order valence-electron chi connectivity index (χ4n) is 3.97. The van der Waals surface area contributed by atoms with Crippen molar-refractivity contribution in [2.24, 2.45) is 0 Å². The predicted molar refractivity (Wildman–Crippen MR) is 129 cm³/mol. The number of hydrogen-bond donors (Lipinski definition) is 1. The minimum absolute atomic E-state index is 0.254. The van der Waals surface area contributed by atoms with Crippen LogP contribution in [0.2, 0.25) is 14.4 Å². The highest BCUT2D eigenvalue weighted by Gasteiger charge is 2.30. The highest BCUT2D eigenvalue weighted by Crippen LogP contribution is 2.36. The molecular formula is C22H19Cl3N4O2S. The number of nitrogens with one attached hydrogen (secondary N) is 1. The van der Waals surface area contributed by atoms with Crippen molar-refractivity contribution in [1.82, 2.24) is 20.2 Å². The van der Waals surface area contributed by atoms with Gasteiger partial charge in [0, 0.05) is 34.1 Å². The van der Waals surface area contributed by atoms with E-state index >= 15 is 0 Å². The number of amides is 1. The Morgan fingerprint density at radius 3 is 2.66 bits per heavy atom. The Bertz CT molecular complexity index is 1210. The Morgan fingerprint density at radius 1 is 1.12 bits per heavy atom. The third-order valence-corrected chi connectivity index (χ3v) is 7.14. The zero-order chi connectivity index (χ0) is 22.2. The zero-order valence-corrected chi connectivity index (χ0v) is 20.0. The van der Waals surface area contributed by atoms with E-state index in [1.807, 2.05) is 23.2 Å². The first-order valence-electron chi connectivity index (χ1n) is 10.2. The van der Waals surface area contributed by atoms with Crippen molar-refractivity contribution in [3.8, 4) is 5.69 Å². The van der Waals surface area contributed by atoms with Gasteiger partial charge in [0.25, 0.3) is 5.91 Å². The number of thiophene rings is 1. The van der Waals surface area contributed by atoms with Gasteiger partial charge in [0.05, 0.1) is 34.0 Å². The number of halogens is 3. The molecule has 0 aliphatic carbocycles. The largest absolute Gasteiger partial charge is 0.372 e. The lowest BCUT2D eigenvalue weighted by atomic mass is 10.0. The van der Waals surface area contributed by atoms with Crippen LogP contribution in [0.4, 0.5) is 0 Å². The number of benzene rings is 1. The van der Waals surface area contributed by atoms with Crippen molar-refractivity contribution in [3.05, 3.63) is 66.5 Å². The highest BCUT2D eigenvalue weighted by atomic mass is 35.5. The molecule has 1 fully saturated rings. The van der Waals surface area contributed by atoms with E-state index in [1.54, 1.807) is 22.9 Å². The highest BCUT2D eigenvalue weighted by molar-refractivity contribution is 7.17. The average molecular weight is 510 g/mol. The SMILES string of the molecule is O=C(NN1CCCC1)c1nn(-c2ccc(Cl)cc2Cl)c2c1COC/C2=C/c1ccc(Cl)s1. The van der Waals surface area contributed by atoms with Gasteiger partial charge in [-0.05, 0) is 49.2 Å². The molecule has 2 aliphatic rings. The third-order valence-electron chi connectivity index (χ3n) is 5.42. The van der Waals surface area contributed by atoms with Crippen LogP contribution in [-0.4, -0.2) is 40.4 Å². The molecule has 1 saturated heterocycles. The number of aromatic nitrogens is 2. The summed E-state index contributed by atoms with van der Waals surface area (Å²) in [4.78, 5) is 14.1. The van der Waals surface area contributed by atoms with Gasteiger partial charge < -0.3 is 4.74 Å². The normalized spacial score (nSPS) is 17.7. The summed E-state index contributed by atoms with van der Waals surface area (Å²) in [6.45, 7) is 2.33. The summed E-state index contributed by atoms with van der Waals surface area (Å²) in [6.07, 6.45) is 4.14. The van der Waals surface area contributed by atoms with Crippen LogP contribution in [0.3, 0.4) is 0 Å². The molecule has 3 aromatic rings. The van der Waals surface area contributed by atoms with Crippen molar-refractivity contribution in [2.45, 2.75) is 19.4 Å². The third kappa shape index (κ3) is 4.33. The fourth-order valence-corrected chi connectivity index (χ4v) is 5.49. The van der Waals surface area contributed by atoms with Crippen LogP contribution >= 0.6 is 46.1 Å². The van der Waals surface area contributed by atoms with Gasteiger partial charge in [-0.3, -0.25) is 10.2 Å². The first-order valence-corrected chi connectivity index (χ1v) is 12.1. The van der Waals surface area contributed by atoms with Gasteiger partial charge in [-0.25, -0.2) is 9.69 Å². The van der Waals surface area contributed by atoms with E-state index in [2.05, 4.69) is 5.43 Å². The summed E-state index contributed by atoms with van der Waals surface area (Å²) in [5, 5.41) is 7.60. The minimum Gasteiger partial charge on any atom is -0.372 e. The van der Waals surface area contributed by atoms with Crippen molar-refractivity contribution >= 4 is 63.7 Å². The van der Waals surface area contributed by atoms with E-state index in [0.29, 0.717) is 32.4 Å². The molecule has 0 radical (unpaired) electrons. The summed E-state index contributed by atoms with van der Waals surface area (Å²) in [7, 11) is 0. The lowest BCUT2D eigenvalue weighted by Gasteiger charge is -2.19. The smallest absolute Gasteiger partial charge is 0.286 e. The van der Waals surface area contributed by atoms with E-state index < -0.39 is 0 Å². The van der Waals surface area contributed by atoms with E-state index in [4.69, 9.17) is 44.6 Å². The van der Waals surface area contributed by atoms with Gasteiger partial charge in [-0.1, -0.05) is 34.8 Å². The summed E-state index contributed by atoms with van der Waals surface area (Å²) < 4.78 is 8.27.